The van der Waals surface area contributed by atoms with Crippen LogP contribution in [0.15, 0.2) is 30.0 Å². The fourth-order valence-corrected chi connectivity index (χ4v) is 8.22. The number of epoxide rings is 1. The van der Waals surface area contributed by atoms with E-state index in [1.807, 2.05) is 12.3 Å². The number of aromatic nitrogens is 1. The monoisotopic (exact) mass is 377 g/mol. The molecular formula is C25H31NO2. The summed E-state index contributed by atoms with van der Waals surface area (Å²) >= 11 is 0. The number of nitrogens with zero attached hydrogens (tertiary/aromatic N) is 1. The first-order valence-corrected chi connectivity index (χ1v) is 11.3. The molecule has 5 fully saturated rings. The Morgan fingerprint density at radius 1 is 1.07 bits per heavy atom. The average Bonchev–Trinajstić information content (AvgIpc) is 3.36. The maximum absolute atomic E-state index is 12.3. The topological polar surface area (TPSA) is 42.5 Å². The number of carbonyl (C=O) groups is 1. The Morgan fingerprint density at radius 2 is 1.96 bits per heavy atom. The molecule has 28 heavy (non-hydrogen) atoms. The Kier molecular flexibility index (Phi) is 3.45. The number of carbonyl (C=O) groups excluding carboxylic acids is 1. The molecule has 0 N–H and O–H groups in total. The molecule has 148 valence electrons. The second-order valence-electron chi connectivity index (χ2n) is 10.6. The molecule has 1 aliphatic heterocycles. The molecule has 3 heteroatoms. The van der Waals surface area contributed by atoms with Crippen molar-refractivity contribution in [1.82, 2.24) is 4.98 Å². The molecule has 1 aromatic heterocycles. The largest absolute Gasteiger partial charge is 0.357 e. The first kappa shape index (κ1) is 17.4. The molecule has 1 spiro atoms. The summed E-state index contributed by atoms with van der Waals surface area (Å²) in [7, 11) is 0. The quantitative estimate of drug-likeness (QED) is 0.631. The highest BCUT2D eigenvalue weighted by Crippen LogP contribution is 2.72. The number of pyridine rings is 1. The van der Waals surface area contributed by atoms with Crippen molar-refractivity contribution >= 4 is 11.9 Å². The predicted octanol–water partition coefficient (Wildman–Crippen LogP) is 5.21. The van der Waals surface area contributed by atoms with Crippen LogP contribution in [0.25, 0.3) is 6.08 Å². The van der Waals surface area contributed by atoms with Crippen molar-refractivity contribution in [3.05, 3.63) is 35.7 Å². The lowest BCUT2D eigenvalue weighted by Crippen LogP contribution is -2.57. The standard InChI is InChI=1S/C25H31NO2/c1-23-11-9-20-18(8-13-25-22(28-25)21(27)10-12-24(20,25)2)19(23)7-6-16(23)15-17-5-3-4-14-26-17/h3-5,14-15,18-20,22H,6-13H2,1-2H3/b16-15+/t18-,19-,20-,22+,23+,24+,25+/m0/s1. The number of rotatable bonds is 1. The summed E-state index contributed by atoms with van der Waals surface area (Å²) in [5.74, 6) is 2.68. The molecular weight excluding hydrogens is 346 g/mol. The van der Waals surface area contributed by atoms with E-state index in [9.17, 15) is 4.79 Å². The maximum Gasteiger partial charge on any atom is 0.164 e. The van der Waals surface area contributed by atoms with E-state index in [4.69, 9.17) is 4.74 Å². The Bertz CT molecular complexity index is 863. The van der Waals surface area contributed by atoms with Gasteiger partial charge in [-0.2, -0.15) is 0 Å². The number of hydrogen-bond acceptors (Lipinski definition) is 3. The van der Waals surface area contributed by atoms with Crippen LogP contribution in [-0.2, 0) is 9.53 Å². The minimum atomic E-state index is -0.0948. The third-order valence-corrected chi connectivity index (χ3v) is 9.81. The Labute approximate surface area is 168 Å². The van der Waals surface area contributed by atoms with Crippen LogP contribution in [0.5, 0.6) is 0 Å². The smallest absolute Gasteiger partial charge is 0.164 e. The zero-order valence-electron chi connectivity index (χ0n) is 17.1. The summed E-state index contributed by atoms with van der Waals surface area (Å²) in [6.07, 6.45) is 13.5. The first-order chi connectivity index (χ1) is 13.5. The normalized spacial score (nSPS) is 50.5. The molecule has 4 aliphatic carbocycles. The van der Waals surface area contributed by atoms with Gasteiger partial charge in [-0.25, -0.2) is 0 Å². The lowest BCUT2D eigenvalue weighted by Gasteiger charge is -2.58. The van der Waals surface area contributed by atoms with E-state index in [2.05, 4.69) is 37.0 Å². The number of fused-ring (bicyclic) bond motifs is 4. The highest BCUT2D eigenvalue weighted by molar-refractivity contribution is 5.88. The van der Waals surface area contributed by atoms with Gasteiger partial charge in [0.25, 0.3) is 0 Å². The molecule has 6 rings (SSSR count). The molecule has 1 aromatic rings. The van der Waals surface area contributed by atoms with Gasteiger partial charge in [-0.1, -0.05) is 25.5 Å². The molecule has 0 amide bonds. The summed E-state index contributed by atoms with van der Waals surface area (Å²) < 4.78 is 6.20. The maximum atomic E-state index is 12.3. The van der Waals surface area contributed by atoms with Crippen LogP contribution in [0.1, 0.15) is 70.9 Å². The summed E-state index contributed by atoms with van der Waals surface area (Å²) in [6.45, 7) is 5.00. The third kappa shape index (κ3) is 2.04. The van der Waals surface area contributed by atoms with Gasteiger partial charge in [-0.3, -0.25) is 9.78 Å². The zero-order chi connectivity index (χ0) is 19.1. The molecule has 1 saturated heterocycles. The van der Waals surface area contributed by atoms with E-state index < -0.39 is 0 Å². The van der Waals surface area contributed by atoms with Crippen molar-refractivity contribution in [3.8, 4) is 0 Å². The Balaban J connectivity index is 1.32. The van der Waals surface area contributed by atoms with Gasteiger partial charge in [0.05, 0.1) is 5.69 Å². The summed E-state index contributed by atoms with van der Waals surface area (Å²) in [6, 6.07) is 6.21. The van der Waals surface area contributed by atoms with Crippen LogP contribution >= 0.6 is 0 Å². The van der Waals surface area contributed by atoms with Gasteiger partial charge < -0.3 is 4.74 Å². The number of ketones is 1. The molecule has 0 bridgehead atoms. The van der Waals surface area contributed by atoms with Crippen molar-refractivity contribution in [2.75, 3.05) is 0 Å². The molecule has 5 aliphatic rings. The van der Waals surface area contributed by atoms with Gasteiger partial charge in [0.15, 0.2) is 5.78 Å². The number of hydrogen-bond donors (Lipinski definition) is 0. The SMILES string of the molecule is C[C@]12CC[C@H]3[C@@H](CC[C@@]45O[C@@H]4C(=O)CC[C@]35C)[C@@H]1CC/C2=C\c1ccccn1. The van der Waals surface area contributed by atoms with Crippen LogP contribution in [0, 0.1) is 28.6 Å². The zero-order valence-corrected chi connectivity index (χ0v) is 17.1. The molecule has 0 radical (unpaired) electrons. The lowest BCUT2D eigenvalue weighted by molar-refractivity contribution is -0.128. The van der Waals surface area contributed by atoms with Crippen LogP contribution in [0.3, 0.4) is 0 Å². The van der Waals surface area contributed by atoms with E-state index in [1.165, 1.54) is 32.1 Å². The number of allylic oxidation sites excluding steroid dienone is 1. The lowest BCUT2D eigenvalue weighted by atomic mass is 9.45. The number of ether oxygens (including phenoxy) is 1. The van der Waals surface area contributed by atoms with E-state index in [0.29, 0.717) is 11.2 Å². The van der Waals surface area contributed by atoms with Crippen LogP contribution < -0.4 is 0 Å². The van der Waals surface area contributed by atoms with Crippen LogP contribution in [-0.4, -0.2) is 22.5 Å². The van der Waals surface area contributed by atoms with E-state index in [-0.39, 0.29) is 17.1 Å². The molecule has 3 nitrogen and oxygen atoms in total. The molecule has 0 aromatic carbocycles. The predicted molar refractivity (Wildman–Crippen MR) is 108 cm³/mol. The summed E-state index contributed by atoms with van der Waals surface area (Å²) in [4.78, 5) is 16.9. The van der Waals surface area contributed by atoms with E-state index in [0.717, 1.165) is 42.7 Å². The van der Waals surface area contributed by atoms with Gasteiger partial charge in [-0.15, -0.1) is 0 Å². The fourth-order valence-electron chi connectivity index (χ4n) is 8.22. The number of Topliss-reactive ketones (excluding diaryl/α,β-unsaturated/α-hetero) is 1. The van der Waals surface area contributed by atoms with Gasteiger partial charge in [0.2, 0.25) is 0 Å². The van der Waals surface area contributed by atoms with Gasteiger partial charge in [0.1, 0.15) is 11.7 Å². The summed E-state index contributed by atoms with van der Waals surface area (Å²) in [5.41, 5.74) is 3.18. The molecule has 4 saturated carbocycles. The van der Waals surface area contributed by atoms with Crippen molar-refractivity contribution in [2.24, 2.45) is 28.6 Å². The minimum absolute atomic E-state index is 0.0660. The Hall–Kier alpha value is -1.48. The van der Waals surface area contributed by atoms with Crippen molar-refractivity contribution in [3.63, 3.8) is 0 Å². The van der Waals surface area contributed by atoms with Crippen molar-refractivity contribution in [2.45, 2.75) is 76.9 Å². The fraction of sp³-hybridized carbons (Fsp3) is 0.680. The highest BCUT2D eigenvalue weighted by atomic mass is 16.6. The van der Waals surface area contributed by atoms with Gasteiger partial charge in [0, 0.05) is 18.0 Å². The molecule has 2 heterocycles. The second-order valence-corrected chi connectivity index (χ2v) is 10.6. The second kappa shape index (κ2) is 5.56. The van der Waals surface area contributed by atoms with Crippen LogP contribution in [0.4, 0.5) is 0 Å². The molecule has 0 unspecified atom stereocenters. The van der Waals surface area contributed by atoms with Crippen molar-refractivity contribution < 1.29 is 9.53 Å². The van der Waals surface area contributed by atoms with Gasteiger partial charge >= 0.3 is 0 Å². The first-order valence-electron chi connectivity index (χ1n) is 11.3. The van der Waals surface area contributed by atoms with E-state index >= 15 is 0 Å². The van der Waals surface area contributed by atoms with Gasteiger partial charge in [-0.05, 0) is 86.3 Å². The average molecular weight is 378 g/mol. The highest BCUT2D eigenvalue weighted by Gasteiger charge is 2.76. The molecule has 7 atom stereocenters. The van der Waals surface area contributed by atoms with Crippen LogP contribution in [0.2, 0.25) is 0 Å². The van der Waals surface area contributed by atoms with Crippen molar-refractivity contribution in [1.29, 1.82) is 0 Å². The van der Waals surface area contributed by atoms with E-state index in [1.54, 1.807) is 5.57 Å². The Morgan fingerprint density at radius 3 is 2.79 bits per heavy atom. The minimum Gasteiger partial charge on any atom is -0.357 e. The third-order valence-electron chi connectivity index (χ3n) is 9.81. The summed E-state index contributed by atoms with van der Waals surface area (Å²) in [5, 5.41) is 0.